The largest absolute Gasteiger partial charge is 0.354 e. The van der Waals surface area contributed by atoms with Crippen LogP contribution >= 0.6 is 0 Å². The summed E-state index contributed by atoms with van der Waals surface area (Å²) in [6, 6.07) is 34.2. The van der Waals surface area contributed by atoms with E-state index in [2.05, 4.69) is 138 Å². The Morgan fingerprint density at radius 2 is 1.14 bits per heavy atom. The summed E-state index contributed by atoms with van der Waals surface area (Å²) in [5, 5.41) is 4.61. The highest BCUT2D eigenvalue weighted by Gasteiger charge is 2.17. The van der Waals surface area contributed by atoms with Crippen molar-refractivity contribution in [3.63, 3.8) is 0 Å². The van der Waals surface area contributed by atoms with Crippen molar-refractivity contribution in [1.82, 2.24) is 19.9 Å². The van der Waals surface area contributed by atoms with E-state index in [1.165, 1.54) is 0 Å². The Bertz CT molecular complexity index is 2260. The van der Waals surface area contributed by atoms with Crippen LogP contribution in [0.15, 0.2) is 134 Å². The van der Waals surface area contributed by atoms with E-state index in [9.17, 15) is 0 Å². The van der Waals surface area contributed by atoms with E-state index in [0.29, 0.717) is 6.42 Å². The van der Waals surface area contributed by atoms with Crippen LogP contribution < -0.4 is 0 Å². The number of aromatic amines is 2. The average molecular weight is 541 g/mol. The maximum atomic E-state index is 5.29. The maximum absolute atomic E-state index is 5.29. The Balaban J connectivity index is 1.59. The van der Waals surface area contributed by atoms with Gasteiger partial charge in [-0.15, -0.1) is 6.58 Å². The molecule has 3 aromatic carbocycles. The smallest absolute Gasteiger partial charge is 0.0737 e. The molecule has 2 aliphatic heterocycles. The zero-order valence-electron chi connectivity index (χ0n) is 23.0. The first kappa shape index (κ1) is 24.3. The third-order valence-corrected chi connectivity index (χ3v) is 8.20. The van der Waals surface area contributed by atoms with Gasteiger partial charge in [-0.25, -0.2) is 4.98 Å². The molecule has 5 heterocycles. The number of allylic oxidation sites excluding steroid dienone is 5. The molecule has 2 N–H and O–H groups in total. The first-order valence-corrected chi connectivity index (χ1v) is 14.3. The molecule has 200 valence electrons. The predicted octanol–water partition coefficient (Wildman–Crippen LogP) is 9.58. The number of fused-ring (bicyclic) bond motifs is 17. The Hall–Kier alpha value is -5.48. The lowest BCUT2D eigenvalue weighted by molar-refractivity contribution is 0.971. The summed E-state index contributed by atoms with van der Waals surface area (Å²) >= 11 is 0. The fraction of sp³-hybridized carbons (Fsp3) is 0.0526. The van der Waals surface area contributed by atoms with Crippen LogP contribution in [0.4, 0.5) is 0 Å². The van der Waals surface area contributed by atoms with E-state index >= 15 is 0 Å². The molecule has 0 aliphatic carbocycles. The third-order valence-electron chi connectivity index (χ3n) is 8.20. The fourth-order valence-electron chi connectivity index (χ4n) is 6.16. The van der Waals surface area contributed by atoms with Crippen LogP contribution in [0.5, 0.6) is 0 Å². The molecule has 0 fully saturated rings. The summed E-state index contributed by atoms with van der Waals surface area (Å²) < 4.78 is 0. The average Bonchev–Trinajstić information content (AvgIpc) is 3.68. The number of hydrogen-bond donors (Lipinski definition) is 2. The van der Waals surface area contributed by atoms with E-state index in [-0.39, 0.29) is 5.92 Å². The van der Waals surface area contributed by atoms with Gasteiger partial charge in [0.05, 0.1) is 17.1 Å². The summed E-state index contributed by atoms with van der Waals surface area (Å²) in [7, 11) is 0. The highest BCUT2D eigenvalue weighted by molar-refractivity contribution is 6.09. The molecule has 4 heteroatoms. The molecule has 1 atom stereocenters. The van der Waals surface area contributed by atoms with Gasteiger partial charge in [0.25, 0.3) is 0 Å². The summed E-state index contributed by atoms with van der Waals surface area (Å²) in [5.41, 5.74) is 10.2. The molecule has 8 bridgehead atoms. The normalized spacial score (nSPS) is 16.2. The second-order valence-electron chi connectivity index (χ2n) is 10.8. The molecule has 2 aliphatic rings. The zero-order chi connectivity index (χ0) is 28.0. The van der Waals surface area contributed by atoms with E-state index in [0.717, 1.165) is 77.5 Å². The van der Waals surface area contributed by atoms with Crippen LogP contribution in [0, 0.1) is 0 Å². The molecule has 3 aromatic heterocycles. The van der Waals surface area contributed by atoms with Crippen molar-refractivity contribution < 1.29 is 0 Å². The van der Waals surface area contributed by atoms with Gasteiger partial charge in [-0.3, -0.25) is 4.98 Å². The molecule has 0 saturated carbocycles. The number of rotatable bonds is 1. The molecule has 42 heavy (non-hydrogen) atoms. The number of hydrogen-bond acceptors (Lipinski definition) is 2. The van der Waals surface area contributed by atoms with Gasteiger partial charge in [-0.2, -0.15) is 0 Å². The lowest BCUT2D eigenvalue weighted by atomic mass is 10.0. The first-order chi connectivity index (χ1) is 20.7. The maximum Gasteiger partial charge on any atom is 0.0737 e. The monoisotopic (exact) mass is 540 g/mol. The Morgan fingerprint density at radius 3 is 1.71 bits per heavy atom. The second-order valence-corrected chi connectivity index (χ2v) is 10.8. The molecule has 0 saturated heterocycles. The van der Waals surface area contributed by atoms with Gasteiger partial charge >= 0.3 is 0 Å². The van der Waals surface area contributed by atoms with Crippen molar-refractivity contribution in [2.75, 3.05) is 0 Å². The van der Waals surface area contributed by atoms with Gasteiger partial charge in [-0.05, 0) is 24.3 Å². The van der Waals surface area contributed by atoms with E-state index in [1.54, 1.807) is 0 Å². The summed E-state index contributed by atoms with van der Waals surface area (Å²) in [4.78, 5) is 17.9. The van der Waals surface area contributed by atoms with Crippen molar-refractivity contribution in [2.24, 2.45) is 0 Å². The molecule has 6 aromatic rings. The Kier molecular flexibility index (Phi) is 5.71. The molecule has 0 amide bonds. The van der Waals surface area contributed by atoms with Crippen LogP contribution in [0.2, 0.25) is 0 Å². The molecule has 1 unspecified atom stereocenters. The highest BCUT2D eigenvalue weighted by Crippen LogP contribution is 2.37. The minimum absolute atomic E-state index is 0.0444. The van der Waals surface area contributed by atoms with Crippen molar-refractivity contribution in [1.29, 1.82) is 0 Å². The van der Waals surface area contributed by atoms with Crippen LogP contribution in [-0.4, -0.2) is 19.9 Å². The quantitative estimate of drug-likeness (QED) is 0.204. The molecular weight excluding hydrogens is 512 g/mol. The molecule has 4 nitrogen and oxygen atoms in total. The topological polar surface area (TPSA) is 57.4 Å². The van der Waals surface area contributed by atoms with Crippen molar-refractivity contribution in [2.45, 2.75) is 12.3 Å². The molecule has 0 radical (unpaired) electrons. The van der Waals surface area contributed by atoms with Crippen LogP contribution in [0.1, 0.15) is 17.3 Å². The van der Waals surface area contributed by atoms with E-state index < -0.39 is 0 Å². The number of aromatic nitrogens is 4. The lowest BCUT2D eigenvalue weighted by Gasteiger charge is -2.06. The lowest BCUT2D eigenvalue weighted by Crippen LogP contribution is -1.96. The minimum Gasteiger partial charge on any atom is -0.354 e. The summed E-state index contributed by atoms with van der Waals surface area (Å²) in [6.45, 7) is 4.15. The Labute approximate surface area is 243 Å². The van der Waals surface area contributed by atoms with Crippen molar-refractivity contribution in [3.8, 4) is 22.5 Å². The SMILES string of the molecule is C=CC1/C=C\C=C/Cc2cc3[nH]c(cc4nc(cc5[nH]c(cc1n2)c1ccccc51)-c1ccccc1-4)c1ccccc31. The van der Waals surface area contributed by atoms with Gasteiger partial charge in [0.1, 0.15) is 0 Å². The number of benzene rings is 3. The van der Waals surface area contributed by atoms with Gasteiger partial charge in [-0.1, -0.05) is 103 Å². The van der Waals surface area contributed by atoms with Crippen LogP contribution in [-0.2, 0) is 6.42 Å². The van der Waals surface area contributed by atoms with Gasteiger partial charge in [0, 0.05) is 72.8 Å². The summed E-state index contributed by atoms with van der Waals surface area (Å²) in [6.07, 6.45) is 11.2. The molecule has 0 spiro atoms. The number of H-pyrrole nitrogens is 2. The molecule has 8 rings (SSSR count). The fourth-order valence-corrected chi connectivity index (χ4v) is 6.16. The highest BCUT2D eigenvalue weighted by atomic mass is 14.8. The Morgan fingerprint density at radius 1 is 0.619 bits per heavy atom. The van der Waals surface area contributed by atoms with Crippen molar-refractivity contribution in [3.05, 3.63) is 145 Å². The third kappa shape index (κ3) is 4.08. The second kappa shape index (κ2) is 9.86. The standard InChI is InChI=1S/C38H28N4/c1-2-24-12-4-3-5-13-25-20-33-26-14-6-7-15-27(26)35(40-33)22-37-30-18-10-11-19-31(30)38(42-37)23-36-29-17-9-8-16-28(29)34(41-36)21-32(24)39-25/h2-12,14-24,40-41H,1,13H2/b5-3-,12-4-,25-20?,32-21?,33-20?,34-21?,35-22?,36-23?,37-22?,38-23?,39-25?,39-32?. The predicted molar refractivity (Wildman–Crippen MR) is 175 cm³/mol. The number of nitrogens with zero attached hydrogens (tertiary/aromatic N) is 2. The van der Waals surface area contributed by atoms with Gasteiger partial charge < -0.3 is 9.97 Å². The van der Waals surface area contributed by atoms with Crippen LogP contribution in [0.25, 0.3) is 66.1 Å². The van der Waals surface area contributed by atoms with Crippen molar-refractivity contribution >= 4 is 43.6 Å². The minimum atomic E-state index is -0.0444. The first-order valence-electron chi connectivity index (χ1n) is 14.3. The van der Waals surface area contributed by atoms with Gasteiger partial charge in [0.15, 0.2) is 0 Å². The summed E-state index contributed by atoms with van der Waals surface area (Å²) in [5.74, 6) is -0.0444. The van der Waals surface area contributed by atoms with Crippen LogP contribution in [0.3, 0.4) is 0 Å². The van der Waals surface area contributed by atoms with E-state index in [1.807, 2.05) is 6.08 Å². The van der Waals surface area contributed by atoms with Gasteiger partial charge in [0.2, 0.25) is 0 Å². The molecular formula is C38H28N4. The number of nitrogens with one attached hydrogen (secondary N) is 2. The van der Waals surface area contributed by atoms with E-state index in [4.69, 9.17) is 9.97 Å². The zero-order valence-corrected chi connectivity index (χ0v) is 23.0.